The van der Waals surface area contributed by atoms with Crippen molar-refractivity contribution in [2.45, 2.75) is 64.1 Å². The van der Waals surface area contributed by atoms with Gasteiger partial charge in [-0.15, -0.1) is 0 Å². The number of rotatable bonds is 5. The van der Waals surface area contributed by atoms with E-state index in [9.17, 15) is 19.8 Å². The summed E-state index contributed by atoms with van der Waals surface area (Å²) in [5, 5.41) is 21.7. The normalized spacial score (nSPS) is 29.5. The number of urea groups is 1. The molecule has 2 heterocycles. The highest BCUT2D eigenvalue weighted by atomic mass is 16.4. The lowest BCUT2D eigenvalue weighted by molar-refractivity contribution is -0.142. The van der Waals surface area contributed by atoms with Crippen LogP contribution in [0.5, 0.6) is 0 Å². The van der Waals surface area contributed by atoms with E-state index in [0.717, 1.165) is 12.8 Å². The Morgan fingerprint density at radius 1 is 1.24 bits per heavy atom. The van der Waals surface area contributed by atoms with E-state index < -0.39 is 11.9 Å². The molecule has 2 aliphatic heterocycles. The molecule has 2 saturated heterocycles. The van der Waals surface area contributed by atoms with E-state index >= 15 is 0 Å². The van der Waals surface area contributed by atoms with Gasteiger partial charge in [0.2, 0.25) is 0 Å². The molecule has 0 aromatic carbocycles. The number of hydrogen-bond donors (Lipinski definition) is 3. The maximum absolute atomic E-state index is 12.3. The third kappa shape index (κ3) is 3.87. The second kappa shape index (κ2) is 6.64. The van der Waals surface area contributed by atoms with Gasteiger partial charge in [-0.2, -0.15) is 0 Å². The van der Waals surface area contributed by atoms with Crippen LogP contribution < -0.4 is 5.32 Å². The van der Waals surface area contributed by atoms with Crippen molar-refractivity contribution in [3.63, 3.8) is 0 Å². The summed E-state index contributed by atoms with van der Waals surface area (Å²) in [7, 11) is 0. The van der Waals surface area contributed by atoms with Crippen molar-refractivity contribution in [1.29, 1.82) is 0 Å². The molecule has 120 valence electrons. The second-order valence-electron chi connectivity index (χ2n) is 6.77. The van der Waals surface area contributed by atoms with Crippen LogP contribution in [0.4, 0.5) is 4.79 Å². The Balaban J connectivity index is 1.88. The number of nitrogens with zero attached hydrogens (tertiary/aromatic N) is 1. The summed E-state index contributed by atoms with van der Waals surface area (Å²) >= 11 is 0. The molecule has 3 unspecified atom stereocenters. The Bertz CT molecular complexity index is 385. The summed E-state index contributed by atoms with van der Waals surface area (Å²) in [4.78, 5) is 25.3. The van der Waals surface area contributed by atoms with Gasteiger partial charge in [-0.05, 0) is 38.0 Å². The number of piperidine rings is 1. The molecule has 0 saturated carbocycles. The lowest BCUT2D eigenvalue weighted by Gasteiger charge is -2.37. The van der Waals surface area contributed by atoms with Gasteiger partial charge < -0.3 is 20.4 Å². The standard InChI is InChI=1S/C15H26N2O4/c1-9(2)5-10(14(19)20)8-16-15(21)17-11-3-4-12(17)7-13(18)6-11/h9-13,18H,3-8H2,1-2H3,(H,16,21)(H,19,20). The Morgan fingerprint density at radius 2 is 1.81 bits per heavy atom. The van der Waals surface area contributed by atoms with Crippen molar-refractivity contribution < 1.29 is 19.8 Å². The van der Waals surface area contributed by atoms with Gasteiger partial charge in [-0.1, -0.05) is 13.8 Å². The van der Waals surface area contributed by atoms with Crippen molar-refractivity contribution in [3.05, 3.63) is 0 Å². The smallest absolute Gasteiger partial charge is 0.317 e. The number of nitrogens with one attached hydrogen (secondary N) is 1. The van der Waals surface area contributed by atoms with E-state index in [2.05, 4.69) is 5.32 Å². The summed E-state index contributed by atoms with van der Waals surface area (Å²) in [5.41, 5.74) is 0. The lowest BCUT2D eigenvalue weighted by atomic mass is 9.97. The lowest BCUT2D eigenvalue weighted by Crippen LogP contribution is -2.52. The summed E-state index contributed by atoms with van der Waals surface area (Å²) < 4.78 is 0. The van der Waals surface area contributed by atoms with Gasteiger partial charge in [0, 0.05) is 18.6 Å². The summed E-state index contributed by atoms with van der Waals surface area (Å²) in [6, 6.07) is 0.0312. The maximum atomic E-state index is 12.3. The first-order chi connectivity index (χ1) is 9.88. The van der Waals surface area contributed by atoms with Crippen molar-refractivity contribution in [3.8, 4) is 0 Å². The average molecular weight is 298 g/mol. The second-order valence-corrected chi connectivity index (χ2v) is 6.77. The summed E-state index contributed by atoms with van der Waals surface area (Å²) in [6.07, 6.45) is 3.39. The average Bonchev–Trinajstić information content (AvgIpc) is 2.66. The molecule has 3 N–H and O–H groups in total. The van der Waals surface area contributed by atoms with Crippen molar-refractivity contribution in [2.24, 2.45) is 11.8 Å². The molecule has 2 bridgehead atoms. The van der Waals surface area contributed by atoms with Crippen LogP contribution in [0.2, 0.25) is 0 Å². The van der Waals surface area contributed by atoms with Gasteiger partial charge in [-0.3, -0.25) is 4.79 Å². The molecule has 0 aromatic heterocycles. The van der Waals surface area contributed by atoms with Gasteiger partial charge in [0.05, 0.1) is 12.0 Å². The molecule has 2 amide bonds. The van der Waals surface area contributed by atoms with Crippen LogP contribution >= 0.6 is 0 Å². The predicted octanol–water partition coefficient (Wildman–Crippen LogP) is 1.43. The molecule has 0 aromatic rings. The Labute approximate surface area is 125 Å². The van der Waals surface area contributed by atoms with Crippen LogP contribution in [0, 0.1) is 11.8 Å². The topological polar surface area (TPSA) is 89.9 Å². The number of hydrogen-bond acceptors (Lipinski definition) is 3. The minimum absolute atomic E-state index is 0.104. The number of aliphatic hydroxyl groups excluding tert-OH is 1. The van der Waals surface area contributed by atoms with Crippen molar-refractivity contribution in [1.82, 2.24) is 10.2 Å². The number of aliphatic carboxylic acids is 1. The van der Waals surface area contributed by atoms with E-state index in [4.69, 9.17) is 0 Å². The summed E-state index contributed by atoms with van der Waals surface area (Å²) in [5.74, 6) is -1.12. The maximum Gasteiger partial charge on any atom is 0.317 e. The van der Waals surface area contributed by atoms with Crippen molar-refractivity contribution >= 4 is 12.0 Å². The first-order valence-electron chi connectivity index (χ1n) is 7.85. The highest BCUT2D eigenvalue weighted by molar-refractivity contribution is 5.77. The molecule has 2 aliphatic rings. The fraction of sp³-hybridized carbons (Fsp3) is 0.867. The van der Waals surface area contributed by atoms with Gasteiger partial charge in [0.1, 0.15) is 0 Å². The Hall–Kier alpha value is -1.30. The van der Waals surface area contributed by atoms with E-state index in [1.165, 1.54) is 0 Å². The SMILES string of the molecule is CC(C)CC(CNC(=O)N1C2CCC1CC(O)C2)C(=O)O. The van der Waals surface area contributed by atoms with Crippen LogP contribution in [0.15, 0.2) is 0 Å². The minimum Gasteiger partial charge on any atom is -0.481 e. The molecule has 6 heteroatoms. The molecule has 0 spiro atoms. The van der Waals surface area contributed by atoms with Crippen molar-refractivity contribution in [2.75, 3.05) is 6.54 Å². The first kappa shape index (κ1) is 16.1. The Morgan fingerprint density at radius 3 is 2.29 bits per heavy atom. The van der Waals surface area contributed by atoms with Crippen LogP contribution in [0.25, 0.3) is 0 Å². The van der Waals surface area contributed by atoms with Crippen LogP contribution in [0.1, 0.15) is 46.0 Å². The molecule has 0 aliphatic carbocycles. The third-order valence-electron chi connectivity index (χ3n) is 4.55. The largest absolute Gasteiger partial charge is 0.481 e. The van der Waals surface area contributed by atoms with Gasteiger partial charge in [0.15, 0.2) is 0 Å². The van der Waals surface area contributed by atoms with Crippen LogP contribution in [-0.4, -0.2) is 51.8 Å². The molecule has 0 radical (unpaired) electrons. The molecule has 3 atom stereocenters. The Kier molecular flexibility index (Phi) is 5.08. The number of amides is 2. The van der Waals surface area contributed by atoms with Crippen LogP contribution in [-0.2, 0) is 4.79 Å². The fourth-order valence-corrected chi connectivity index (χ4v) is 3.62. The fourth-order valence-electron chi connectivity index (χ4n) is 3.62. The number of aliphatic hydroxyl groups is 1. The zero-order valence-corrected chi connectivity index (χ0v) is 12.8. The highest BCUT2D eigenvalue weighted by Gasteiger charge is 2.42. The third-order valence-corrected chi connectivity index (χ3v) is 4.55. The van der Waals surface area contributed by atoms with Crippen LogP contribution in [0.3, 0.4) is 0 Å². The van der Waals surface area contributed by atoms with E-state index in [0.29, 0.717) is 19.3 Å². The number of carbonyl (C=O) groups is 2. The van der Waals surface area contributed by atoms with Gasteiger partial charge in [0.25, 0.3) is 0 Å². The monoisotopic (exact) mass is 298 g/mol. The van der Waals surface area contributed by atoms with E-state index in [1.54, 1.807) is 0 Å². The number of carbonyl (C=O) groups excluding carboxylic acids is 1. The molecular weight excluding hydrogens is 272 g/mol. The number of carboxylic acid groups (broad SMARTS) is 1. The van der Waals surface area contributed by atoms with E-state index in [1.807, 2.05) is 18.7 Å². The minimum atomic E-state index is -0.860. The quantitative estimate of drug-likeness (QED) is 0.716. The molecule has 2 fully saturated rings. The zero-order valence-electron chi connectivity index (χ0n) is 12.8. The number of carboxylic acids is 1. The molecule has 6 nitrogen and oxygen atoms in total. The molecule has 2 rings (SSSR count). The van der Waals surface area contributed by atoms with Gasteiger partial charge >= 0.3 is 12.0 Å². The number of fused-ring (bicyclic) bond motifs is 2. The predicted molar refractivity (Wildman–Crippen MR) is 77.9 cm³/mol. The van der Waals surface area contributed by atoms with E-state index in [-0.39, 0.29) is 36.7 Å². The molecular formula is C15H26N2O4. The van der Waals surface area contributed by atoms with Gasteiger partial charge in [-0.25, -0.2) is 4.79 Å². The zero-order chi connectivity index (χ0) is 15.6. The highest BCUT2D eigenvalue weighted by Crippen LogP contribution is 2.35. The first-order valence-corrected chi connectivity index (χ1v) is 7.85. The molecule has 21 heavy (non-hydrogen) atoms. The summed E-state index contributed by atoms with van der Waals surface area (Å²) in [6.45, 7) is 4.12.